The highest BCUT2D eigenvalue weighted by molar-refractivity contribution is 6.35. The van der Waals surface area contributed by atoms with Gasteiger partial charge in [-0.15, -0.1) is 0 Å². The van der Waals surface area contributed by atoms with Gasteiger partial charge in [0.25, 0.3) is 0 Å². The minimum Gasteiger partial charge on any atom is -0.377 e. The van der Waals surface area contributed by atoms with Gasteiger partial charge in [0.15, 0.2) is 0 Å². The van der Waals surface area contributed by atoms with E-state index in [2.05, 4.69) is 62.1 Å². The topological polar surface area (TPSA) is 110 Å². The number of hydrogen-bond donors (Lipinski definition) is 5. The van der Waals surface area contributed by atoms with Crippen molar-refractivity contribution in [3.63, 3.8) is 0 Å². The monoisotopic (exact) mass is 496 g/mol. The van der Waals surface area contributed by atoms with E-state index < -0.39 is 0 Å². The lowest BCUT2D eigenvalue weighted by Gasteiger charge is -2.23. The van der Waals surface area contributed by atoms with Gasteiger partial charge in [0.05, 0.1) is 39.6 Å². The Kier molecular flexibility index (Phi) is 6.85. The molecule has 0 spiro atoms. The van der Waals surface area contributed by atoms with E-state index in [9.17, 15) is 5.26 Å². The van der Waals surface area contributed by atoms with Crippen LogP contribution in [-0.2, 0) is 0 Å². The van der Waals surface area contributed by atoms with Gasteiger partial charge >= 0.3 is 0 Å². The number of halogens is 1. The molecular weight excluding hydrogens is 472 g/mol. The second-order valence-electron chi connectivity index (χ2n) is 8.39. The number of aromatic nitrogens is 2. The summed E-state index contributed by atoms with van der Waals surface area (Å²) in [5.41, 5.74) is 14.5. The number of nitrogens with one attached hydrogen (secondary N) is 5. The van der Waals surface area contributed by atoms with Crippen LogP contribution in [0.5, 0.6) is 0 Å². The van der Waals surface area contributed by atoms with Crippen molar-refractivity contribution < 1.29 is 0 Å². The Morgan fingerprint density at radius 3 is 2.58 bits per heavy atom. The molecule has 8 nitrogen and oxygen atoms in total. The molecule has 180 valence electrons. The van der Waals surface area contributed by atoms with Crippen molar-refractivity contribution in [1.29, 1.82) is 5.26 Å². The van der Waals surface area contributed by atoms with E-state index in [1.54, 1.807) is 12.4 Å². The summed E-state index contributed by atoms with van der Waals surface area (Å²) in [7, 11) is 0. The van der Waals surface area contributed by atoms with Gasteiger partial charge in [-0.1, -0.05) is 54.9 Å². The van der Waals surface area contributed by atoms with Gasteiger partial charge < -0.3 is 21.5 Å². The number of fused-ring (bicyclic) bond motifs is 1. The summed E-state index contributed by atoms with van der Waals surface area (Å²) in [6.07, 6.45) is 7.82. The Bertz CT molecular complexity index is 1430. The molecule has 0 bridgehead atoms. The zero-order valence-electron chi connectivity index (χ0n) is 19.6. The van der Waals surface area contributed by atoms with Crippen LogP contribution in [0.25, 0.3) is 10.9 Å². The Balaban J connectivity index is 1.58. The molecule has 0 amide bonds. The highest BCUT2D eigenvalue weighted by atomic mass is 35.5. The number of benzene rings is 2. The van der Waals surface area contributed by atoms with Gasteiger partial charge in [-0.25, -0.2) is 0 Å². The van der Waals surface area contributed by atoms with Crippen molar-refractivity contribution in [1.82, 2.24) is 26.4 Å². The van der Waals surface area contributed by atoms with E-state index in [-0.39, 0.29) is 12.1 Å². The van der Waals surface area contributed by atoms with Crippen LogP contribution in [0.4, 0.5) is 11.4 Å². The van der Waals surface area contributed by atoms with Crippen molar-refractivity contribution in [3.05, 3.63) is 107 Å². The first kappa shape index (κ1) is 23.4. The van der Waals surface area contributed by atoms with Crippen LogP contribution in [0.15, 0.2) is 85.1 Å². The average Bonchev–Trinajstić information content (AvgIpc) is 3.46. The fourth-order valence-corrected chi connectivity index (χ4v) is 4.60. The normalized spacial score (nSPS) is 14.2. The summed E-state index contributed by atoms with van der Waals surface area (Å²) < 4.78 is 0. The maximum Gasteiger partial charge on any atom is 0.103 e. The number of pyridine rings is 2. The molecule has 0 unspecified atom stereocenters. The Morgan fingerprint density at radius 2 is 1.89 bits per heavy atom. The van der Waals surface area contributed by atoms with E-state index in [1.807, 2.05) is 54.9 Å². The molecular formula is C27H25ClN8. The SMILES string of the molecule is CC[C@@H](Nc1c(C#N)cnc2c(Cl)cc(N[C@H](C3=CNNN3)c3cccnc3)cc12)c1ccccc1. The lowest BCUT2D eigenvalue weighted by molar-refractivity contribution is 0.583. The highest BCUT2D eigenvalue weighted by Crippen LogP contribution is 2.37. The third kappa shape index (κ3) is 4.75. The standard InChI is InChI=1S/C27H25ClN8/c1-2-23(17-7-4-3-5-8-17)34-25-19(13-29)15-31-27-21(25)11-20(12-22(27)28)33-26(24-16-32-36-35-24)18-9-6-10-30-14-18/h3-12,14-16,23,26,32-33,35-36H,2H2,1H3,(H,31,34)/t23-,26+/m1/s1. The third-order valence-corrected chi connectivity index (χ3v) is 6.41. The minimum absolute atomic E-state index is 0.0208. The smallest absolute Gasteiger partial charge is 0.103 e. The van der Waals surface area contributed by atoms with Crippen molar-refractivity contribution in [2.75, 3.05) is 10.6 Å². The number of nitrogens with zero attached hydrogens (tertiary/aromatic N) is 3. The Morgan fingerprint density at radius 1 is 1.06 bits per heavy atom. The summed E-state index contributed by atoms with van der Waals surface area (Å²) in [5, 5.41) is 18.3. The molecule has 2 aromatic carbocycles. The molecule has 36 heavy (non-hydrogen) atoms. The number of rotatable bonds is 8. The first-order valence-electron chi connectivity index (χ1n) is 11.6. The molecule has 3 heterocycles. The van der Waals surface area contributed by atoms with E-state index >= 15 is 0 Å². The summed E-state index contributed by atoms with van der Waals surface area (Å²) >= 11 is 6.73. The van der Waals surface area contributed by atoms with Crippen LogP contribution < -0.4 is 27.0 Å². The fraction of sp³-hybridized carbons (Fsp3) is 0.148. The summed E-state index contributed by atoms with van der Waals surface area (Å²) in [4.78, 5) is 8.77. The predicted octanol–water partition coefficient (Wildman–Crippen LogP) is 5.33. The van der Waals surface area contributed by atoms with Crippen LogP contribution in [0, 0.1) is 11.3 Å². The fourth-order valence-electron chi connectivity index (χ4n) is 4.33. The van der Waals surface area contributed by atoms with Crippen molar-refractivity contribution in [2.24, 2.45) is 0 Å². The molecule has 2 aromatic heterocycles. The van der Waals surface area contributed by atoms with Crippen molar-refractivity contribution >= 4 is 33.9 Å². The van der Waals surface area contributed by atoms with Crippen LogP contribution in [0.3, 0.4) is 0 Å². The molecule has 0 aliphatic carbocycles. The number of nitriles is 1. The van der Waals surface area contributed by atoms with Gasteiger partial charge in [0.1, 0.15) is 6.07 Å². The van der Waals surface area contributed by atoms with E-state index in [1.165, 1.54) is 0 Å². The Hall–Kier alpha value is -4.32. The first-order chi connectivity index (χ1) is 17.7. The lowest BCUT2D eigenvalue weighted by Crippen LogP contribution is -2.33. The van der Waals surface area contributed by atoms with Crippen molar-refractivity contribution in [2.45, 2.75) is 25.4 Å². The molecule has 4 aromatic rings. The largest absolute Gasteiger partial charge is 0.377 e. The molecule has 0 fully saturated rings. The first-order valence-corrected chi connectivity index (χ1v) is 12.0. The molecule has 5 N–H and O–H groups in total. The van der Waals surface area contributed by atoms with E-state index in [4.69, 9.17) is 11.6 Å². The summed E-state index contributed by atoms with van der Waals surface area (Å²) in [6, 6.07) is 20.0. The van der Waals surface area contributed by atoms with Crippen LogP contribution in [0.2, 0.25) is 5.02 Å². The van der Waals surface area contributed by atoms with Crippen LogP contribution in [0.1, 0.15) is 42.1 Å². The zero-order chi connectivity index (χ0) is 24.9. The zero-order valence-corrected chi connectivity index (χ0v) is 20.3. The summed E-state index contributed by atoms with van der Waals surface area (Å²) in [6.45, 7) is 2.11. The number of anilines is 2. The molecule has 2 atom stereocenters. The van der Waals surface area contributed by atoms with Gasteiger partial charge in [0.2, 0.25) is 0 Å². The van der Waals surface area contributed by atoms with Gasteiger partial charge in [0, 0.05) is 35.9 Å². The van der Waals surface area contributed by atoms with Gasteiger partial charge in [-0.2, -0.15) is 10.8 Å². The quantitative estimate of drug-likeness (QED) is 0.223. The number of hydrazine groups is 2. The molecule has 0 saturated heterocycles. The highest BCUT2D eigenvalue weighted by Gasteiger charge is 2.22. The van der Waals surface area contributed by atoms with Crippen LogP contribution in [-0.4, -0.2) is 9.97 Å². The molecule has 0 radical (unpaired) electrons. The van der Waals surface area contributed by atoms with Gasteiger partial charge in [-0.05, 0) is 35.7 Å². The molecule has 5 rings (SSSR count). The predicted molar refractivity (Wildman–Crippen MR) is 143 cm³/mol. The summed E-state index contributed by atoms with van der Waals surface area (Å²) in [5.74, 6) is 0. The lowest BCUT2D eigenvalue weighted by atomic mass is 10.0. The van der Waals surface area contributed by atoms with E-state index in [0.29, 0.717) is 21.8 Å². The molecule has 9 heteroatoms. The Labute approximate surface area is 214 Å². The minimum atomic E-state index is -0.231. The maximum absolute atomic E-state index is 9.90. The molecule has 0 saturated carbocycles. The van der Waals surface area contributed by atoms with Crippen LogP contribution >= 0.6 is 11.6 Å². The second-order valence-corrected chi connectivity index (χ2v) is 8.79. The van der Waals surface area contributed by atoms with Gasteiger partial charge in [-0.3, -0.25) is 9.97 Å². The number of hydrogen-bond acceptors (Lipinski definition) is 8. The average molecular weight is 497 g/mol. The maximum atomic E-state index is 9.90. The molecule has 1 aliphatic rings. The second kappa shape index (κ2) is 10.5. The van der Waals surface area contributed by atoms with E-state index in [0.717, 1.165) is 34.3 Å². The third-order valence-electron chi connectivity index (χ3n) is 6.12. The molecule has 1 aliphatic heterocycles. The van der Waals surface area contributed by atoms with Crippen molar-refractivity contribution in [3.8, 4) is 6.07 Å².